The largest absolute Gasteiger partial charge is 0.421 e. The third-order valence-electron chi connectivity index (χ3n) is 5.24. The molecule has 0 bridgehead atoms. The molecule has 0 radical (unpaired) electrons. The number of hydrazone groups is 1. The van der Waals surface area contributed by atoms with E-state index in [4.69, 9.17) is 27.9 Å². The van der Waals surface area contributed by atoms with Gasteiger partial charge in [0.25, 0.3) is 11.8 Å². The zero-order valence-corrected chi connectivity index (χ0v) is 26.3. The predicted octanol–water partition coefficient (Wildman–Crippen LogP) is 8.52. The molecule has 4 rings (SSSR count). The molecule has 0 heterocycles. The summed E-state index contributed by atoms with van der Waals surface area (Å²) in [4.78, 5) is 38.1. The van der Waals surface area contributed by atoms with Gasteiger partial charge >= 0.3 is 5.97 Å². The molecule has 0 aliphatic rings. The highest BCUT2D eigenvalue weighted by Crippen LogP contribution is 2.33. The van der Waals surface area contributed by atoms with Gasteiger partial charge in [-0.15, -0.1) is 0 Å². The van der Waals surface area contributed by atoms with Gasteiger partial charge in [-0.05, 0) is 88.7 Å². The molecular formula is C28H16Br3Cl2N3O4. The minimum atomic E-state index is -0.562. The molecule has 0 spiro atoms. The maximum absolute atomic E-state index is 12.8. The summed E-state index contributed by atoms with van der Waals surface area (Å²) in [5, 5.41) is 7.34. The van der Waals surface area contributed by atoms with Crippen LogP contribution in [0.15, 0.2) is 97.4 Å². The first-order chi connectivity index (χ1) is 19.1. The van der Waals surface area contributed by atoms with Crippen LogP contribution in [0.2, 0.25) is 10.0 Å². The Kier molecular flexibility index (Phi) is 10.2. The van der Waals surface area contributed by atoms with Crippen molar-refractivity contribution in [2.75, 3.05) is 5.32 Å². The van der Waals surface area contributed by atoms with Gasteiger partial charge in [-0.25, -0.2) is 10.2 Å². The van der Waals surface area contributed by atoms with E-state index in [1.165, 1.54) is 24.4 Å². The van der Waals surface area contributed by atoms with E-state index in [0.717, 1.165) is 4.47 Å². The molecule has 4 aromatic carbocycles. The first-order valence-corrected chi connectivity index (χ1v) is 14.4. The van der Waals surface area contributed by atoms with Crippen LogP contribution in [0.4, 0.5) is 5.69 Å². The van der Waals surface area contributed by atoms with Crippen molar-refractivity contribution in [2.45, 2.75) is 0 Å². The topological polar surface area (TPSA) is 96.9 Å². The second-order valence-corrected chi connectivity index (χ2v) is 11.6. The van der Waals surface area contributed by atoms with Crippen LogP contribution in [-0.2, 0) is 0 Å². The number of ether oxygens (including phenoxy) is 1. The summed E-state index contributed by atoms with van der Waals surface area (Å²) in [6.07, 6.45) is 1.35. The Bertz CT molecular complexity index is 1650. The lowest BCUT2D eigenvalue weighted by molar-refractivity contribution is 0.0732. The maximum Gasteiger partial charge on any atom is 0.343 e. The van der Waals surface area contributed by atoms with Crippen molar-refractivity contribution in [3.05, 3.63) is 125 Å². The van der Waals surface area contributed by atoms with Crippen LogP contribution in [0.5, 0.6) is 5.75 Å². The van der Waals surface area contributed by atoms with Gasteiger partial charge in [0.05, 0.1) is 26.8 Å². The first kappa shape index (κ1) is 30.0. The fraction of sp³-hybridized carbons (Fsp3) is 0. The van der Waals surface area contributed by atoms with Crippen LogP contribution in [-0.4, -0.2) is 24.0 Å². The molecule has 202 valence electrons. The standard InChI is InChI=1S/C28H16Br3Cl2N3O4/c29-18-6-4-15(5-7-18)28(39)40-25-17(10-19(30)12-23(25)31)14-34-36-26(37)16-2-1-3-21(11-16)35-27(38)22-9-8-20(32)13-24(22)33/h1-14H,(H,35,38)(H,36,37). The average molecular weight is 769 g/mol. The molecule has 0 aromatic heterocycles. The monoisotopic (exact) mass is 765 g/mol. The smallest absolute Gasteiger partial charge is 0.343 e. The number of nitrogens with zero attached hydrogens (tertiary/aromatic N) is 1. The number of hydrogen-bond acceptors (Lipinski definition) is 5. The molecule has 0 saturated carbocycles. The lowest BCUT2D eigenvalue weighted by Gasteiger charge is -2.11. The van der Waals surface area contributed by atoms with E-state index >= 15 is 0 Å². The number of nitrogens with one attached hydrogen (secondary N) is 2. The minimum absolute atomic E-state index is 0.203. The molecule has 0 fully saturated rings. The molecule has 4 aromatic rings. The predicted molar refractivity (Wildman–Crippen MR) is 167 cm³/mol. The lowest BCUT2D eigenvalue weighted by atomic mass is 10.1. The Hall–Kier alpha value is -3.02. The Morgan fingerprint density at radius 3 is 2.27 bits per heavy atom. The zero-order valence-electron chi connectivity index (χ0n) is 20.1. The minimum Gasteiger partial charge on any atom is -0.421 e. The molecule has 7 nitrogen and oxygen atoms in total. The number of amides is 2. The molecule has 0 unspecified atom stereocenters. The molecule has 0 atom stereocenters. The van der Waals surface area contributed by atoms with Gasteiger partial charge in [0, 0.05) is 30.8 Å². The van der Waals surface area contributed by atoms with E-state index in [0.29, 0.717) is 30.8 Å². The number of benzene rings is 4. The van der Waals surface area contributed by atoms with Gasteiger partial charge < -0.3 is 10.1 Å². The molecular weight excluding hydrogens is 753 g/mol. The van der Waals surface area contributed by atoms with Crippen molar-refractivity contribution in [3.8, 4) is 5.75 Å². The lowest BCUT2D eigenvalue weighted by Crippen LogP contribution is -2.18. The fourth-order valence-corrected chi connectivity index (χ4v) is 5.45. The zero-order chi connectivity index (χ0) is 28.8. The SMILES string of the molecule is O=C(NN=Cc1cc(Br)cc(Br)c1OC(=O)c1ccc(Br)cc1)c1cccc(NC(=O)c2ccc(Cl)cc2Cl)c1. The Morgan fingerprint density at radius 2 is 1.55 bits per heavy atom. The number of hydrogen-bond donors (Lipinski definition) is 2. The van der Waals surface area contributed by atoms with Crippen LogP contribution in [0.25, 0.3) is 0 Å². The Balaban J connectivity index is 1.46. The third-order valence-corrected chi connectivity index (χ3v) is 7.36. The van der Waals surface area contributed by atoms with Gasteiger partial charge in [-0.3, -0.25) is 9.59 Å². The number of esters is 1. The van der Waals surface area contributed by atoms with Crippen LogP contribution < -0.4 is 15.5 Å². The Labute approximate surface area is 264 Å². The maximum atomic E-state index is 12.8. The molecule has 0 saturated heterocycles. The van der Waals surface area contributed by atoms with Crippen LogP contribution in [0, 0.1) is 0 Å². The van der Waals surface area contributed by atoms with E-state index < -0.39 is 17.8 Å². The second-order valence-electron chi connectivity index (χ2n) is 8.06. The van der Waals surface area contributed by atoms with Gasteiger partial charge in [-0.1, -0.05) is 61.1 Å². The summed E-state index contributed by atoms with van der Waals surface area (Å²) in [6.45, 7) is 0. The van der Waals surface area contributed by atoms with E-state index in [1.54, 1.807) is 60.7 Å². The van der Waals surface area contributed by atoms with Gasteiger partial charge in [0.2, 0.25) is 0 Å². The van der Waals surface area contributed by atoms with Crippen LogP contribution in [0.3, 0.4) is 0 Å². The summed E-state index contributed by atoms with van der Waals surface area (Å²) in [5.41, 5.74) is 4.09. The number of anilines is 1. The van der Waals surface area contributed by atoms with Crippen molar-refractivity contribution in [2.24, 2.45) is 5.10 Å². The molecule has 0 aliphatic carbocycles. The van der Waals surface area contributed by atoms with Crippen molar-refractivity contribution < 1.29 is 19.1 Å². The quantitative estimate of drug-likeness (QED) is 0.0853. The van der Waals surface area contributed by atoms with E-state index in [2.05, 4.69) is 63.6 Å². The number of halogens is 5. The fourth-order valence-electron chi connectivity index (χ4n) is 3.36. The number of rotatable bonds is 7. The van der Waals surface area contributed by atoms with Gasteiger partial charge in [0.15, 0.2) is 5.75 Å². The second kappa shape index (κ2) is 13.6. The molecule has 12 heteroatoms. The van der Waals surface area contributed by atoms with Gasteiger partial charge in [0.1, 0.15) is 0 Å². The molecule has 40 heavy (non-hydrogen) atoms. The summed E-state index contributed by atoms with van der Waals surface area (Å²) in [7, 11) is 0. The molecule has 0 aliphatic heterocycles. The highest BCUT2D eigenvalue weighted by Gasteiger charge is 2.16. The van der Waals surface area contributed by atoms with Crippen LogP contribution >= 0.6 is 71.0 Å². The van der Waals surface area contributed by atoms with Crippen molar-refractivity contribution >= 4 is 101 Å². The van der Waals surface area contributed by atoms with Crippen molar-refractivity contribution in [1.29, 1.82) is 0 Å². The van der Waals surface area contributed by atoms with E-state index in [1.807, 2.05) is 0 Å². The summed E-state index contributed by atoms with van der Waals surface area (Å²) in [6, 6.07) is 21.0. The van der Waals surface area contributed by atoms with Crippen LogP contribution in [0.1, 0.15) is 36.6 Å². The normalized spacial score (nSPS) is 10.8. The summed E-state index contributed by atoms with van der Waals surface area (Å²) >= 11 is 22.2. The first-order valence-electron chi connectivity index (χ1n) is 11.3. The van der Waals surface area contributed by atoms with E-state index in [-0.39, 0.29) is 21.9 Å². The van der Waals surface area contributed by atoms with E-state index in [9.17, 15) is 14.4 Å². The van der Waals surface area contributed by atoms with Gasteiger partial charge in [-0.2, -0.15) is 5.10 Å². The average Bonchev–Trinajstić information content (AvgIpc) is 2.90. The number of carbonyl (C=O) groups is 3. The molecule has 2 amide bonds. The summed E-state index contributed by atoms with van der Waals surface area (Å²) in [5.74, 6) is -1.32. The molecule has 2 N–H and O–H groups in total. The third kappa shape index (κ3) is 7.80. The number of carbonyl (C=O) groups excluding carboxylic acids is 3. The Morgan fingerprint density at radius 1 is 0.800 bits per heavy atom. The highest BCUT2D eigenvalue weighted by molar-refractivity contribution is 9.11. The highest BCUT2D eigenvalue weighted by atomic mass is 79.9. The van der Waals surface area contributed by atoms with Crippen molar-refractivity contribution in [1.82, 2.24) is 5.43 Å². The summed E-state index contributed by atoms with van der Waals surface area (Å²) < 4.78 is 7.65. The van der Waals surface area contributed by atoms with Crippen molar-refractivity contribution in [3.63, 3.8) is 0 Å².